The Kier molecular flexibility index (Phi) is 3.45. The van der Waals surface area contributed by atoms with Crippen molar-refractivity contribution in [3.63, 3.8) is 0 Å². The van der Waals surface area contributed by atoms with Crippen molar-refractivity contribution in [2.24, 2.45) is 0 Å². The highest BCUT2D eigenvalue weighted by Crippen LogP contribution is 2.33. The van der Waals surface area contributed by atoms with Crippen molar-refractivity contribution in [1.82, 2.24) is 10.2 Å². The molecule has 0 bridgehead atoms. The molecule has 0 unspecified atom stereocenters. The summed E-state index contributed by atoms with van der Waals surface area (Å²) in [7, 11) is 0. The molecule has 1 heterocycles. The van der Waals surface area contributed by atoms with E-state index in [1.165, 1.54) is 19.3 Å². The minimum absolute atomic E-state index is 0.0927. The van der Waals surface area contributed by atoms with Crippen LogP contribution in [0, 0.1) is 0 Å². The summed E-state index contributed by atoms with van der Waals surface area (Å²) in [4.78, 5) is 13.9. The third kappa shape index (κ3) is 3.24. The molecule has 2 rings (SSSR count). The number of nitrogens with zero attached hydrogens (tertiary/aromatic N) is 1. The largest absolute Gasteiger partial charge is 0.333 e. The molecule has 1 aliphatic carbocycles. The summed E-state index contributed by atoms with van der Waals surface area (Å²) in [6.45, 7) is 7.85. The van der Waals surface area contributed by atoms with E-state index < -0.39 is 0 Å². The summed E-state index contributed by atoms with van der Waals surface area (Å²) in [5, 5.41) is 3.03. The minimum Gasteiger partial charge on any atom is -0.333 e. The molecule has 2 fully saturated rings. The van der Waals surface area contributed by atoms with Crippen LogP contribution in [0.1, 0.15) is 52.9 Å². The van der Waals surface area contributed by atoms with Crippen LogP contribution in [0.2, 0.25) is 0 Å². The van der Waals surface area contributed by atoms with Crippen LogP contribution in [0.3, 0.4) is 0 Å². The number of urea groups is 1. The predicted molar refractivity (Wildman–Crippen MR) is 70.0 cm³/mol. The Morgan fingerprint density at radius 1 is 1.06 bits per heavy atom. The zero-order valence-corrected chi connectivity index (χ0v) is 11.3. The molecule has 0 atom stereocenters. The van der Waals surface area contributed by atoms with Gasteiger partial charge < -0.3 is 10.2 Å². The summed E-state index contributed by atoms with van der Waals surface area (Å²) in [5.41, 5.74) is 3.18. The standard InChI is InChI=1S/C14H24N2O/c1-14(2,3)15-13(17)16-9-7-12(8-10-16)11-5-4-6-11/h4-10H2,1-3H3,(H,15,17). The van der Waals surface area contributed by atoms with Crippen LogP contribution < -0.4 is 5.32 Å². The zero-order valence-electron chi connectivity index (χ0n) is 11.3. The van der Waals surface area contributed by atoms with E-state index in [0.717, 1.165) is 25.9 Å². The normalized spacial score (nSPS) is 21.2. The molecule has 0 spiro atoms. The number of carbonyl (C=O) groups is 1. The summed E-state index contributed by atoms with van der Waals surface area (Å²) < 4.78 is 0. The van der Waals surface area contributed by atoms with Gasteiger partial charge in [0.1, 0.15) is 0 Å². The maximum Gasteiger partial charge on any atom is 0.317 e. The van der Waals surface area contributed by atoms with Gasteiger partial charge in [-0.15, -0.1) is 0 Å². The van der Waals surface area contributed by atoms with Crippen molar-refractivity contribution in [1.29, 1.82) is 0 Å². The third-order valence-electron chi connectivity index (χ3n) is 3.59. The second kappa shape index (κ2) is 4.71. The first-order valence-electron chi connectivity index (χ1n) is 6.72. The quantitative estimate of drug-likeness (QED) is 0.644. The molecular weight excluding hydrogens is 212 g/mol. The van der Waals surface area contributed by atoms with Crippen molar-refractivity contribution in [2.45, 2.75) is 58.4 Å². The van der Waals surface area contributed by atoms with Gasteiger partial charge in [-0.05, 0) is 52.9 Å². The molecule has 3 nitrogen and oxygen atoms in total. The molecule has 17 heavy (non-hydrogen) atoms. The molecule has 96 valence electrons. The van der Waals surface area contributed by atoms with E-state index in [4.69, 9.17) is 0 Å². The second-order valence-corrected chi connectivity index (χ2v) is 6.23. The first-order chi connectivity index (χ1) is 7.96. The van der Waals surface area contributed by atoms with Gasteiger partial charge in [-0.2, -0.15) is 0 Å². The zero-order chi connectivity index (χ0) is 12.5. The number of hydrogen-bond acceptors (Lipinski definition) is 1. The van der Waals surface area contributed by atoms with Gasteiger partial charge in [0.05, 0.1) is 0 Å². The van der Waals surface area contributed by atoms with Crippen molar-refractivity contribution in [3.8, 4) is 0 Å². The molecular formula is C14H24N2O. The highest BCUT2D eigenvalue weighted by atomic mass is 16.2. The summed E-state index contributed by atoms with van der Waals surface area (Å²) in [6.07, 6.45) is 6.17. The average molecular weight is 236 g/mol. The van der Waals surface area contributed by atoms with Crippen LogP contribution in [0.4, 0.5) is 4.79 Å². The Labute approximate surface area is 104 Å². The van der Waals surface area contributed by atoms with Gasteiger partial charge in [0.15, 0.2) is 0 Å². The molecule has 1 saturated carbocycles. The Balaban J connectivity index is 1.84. The molecule has 3 heteroatoms. The maximum absolute atomic E-state index is 12.0. The van der Waals surface area contributed by atoms with E-state index in [1.807, 2.05) is 25.7 Å². The second-order valence-electron chi connectivity index (χ2n) is 6.23. The van der Waals surface area contributed by atoms with E-state index in [2.05, 4.69) is 5.32 Å². The van der Waals surface area contributed by atoms with Crippen LogP contribution in [0.15, 0.2) is 11.1 Å². The van der Waals surface area contributed by atoms with Gasteiger partial charge in [0.2, 0.25) is 0 Å². The van der Waals surface area contributed by atoms with E-state index in [9.17, 15) is 4.79 Å². The van der Waals surface area contributed by atoms with Crippen molar-refractivity contribution in [3.05, 3.63) is 11.1 Å². The first-order valence-corrected chi connectivity index (χ1v) is 6.72. The topological polar surface area (TPSA) is 32.3 Å². The van der Waals surface area contributed by atoms with Gasteiger partial charge in [0, 0.05) is 18.6 Å². The van der Waals surface area contributed by atoms with E-state index in [1.54, 1.807) is 11.1 Å². The van der Waals surface area contributed by atoms with E-state index >= 15 is 0 Å². The summed E-state index contributed by atoms with van der Waals surface area (Å²) >= 11 is 0. The lowest BCUT2D eigenvalue weighted by molar-refractivity contribution is 0.184. The molecule has 1 N–H and O–H groups in total. The smallest absolute Gasteiger partial charge is 0.317 e. The predicted octanol–water partition coefficient (Wildman–Crippen LogP) is 3.07. The Morgan fingerprint density at radius 3 is 2.00 bits per heavy atom. The Bertz CT molecular complexity index is 323. The molecule has 0 aromatic rings. The number of hydrogen-bond donors (Lipinski definition) is 1. The summed E-state index contributed by atoms with van der Waals surface area (Å²) in [6, 6.07) is 0.0927. The molecule has 0 radical (unpaired) electrons. The SMILES string of the molecule is CC(C)(C)NC(=O)N1CCC(=C2CCC2)CC1. The number of amides is 2. The van der Waals surface area contributed by atoms with Gasteiger partial charge in [-0.3, -0.25) is 0 Å². The van der Waals surface area contributed by atoms with Crippen LogP contribution in [-0.4, -0.2) is 29.6 Å². The lowest BCUT2D eigenvalue weighted by Crippen LogP contribution is -2.50. The van der Waals surface area contributed by atoms with Gasteiger partial charge in [-0.1, -0.05) is 11.1 Å². The van der Waals surface area contributed by atoms with Crippen LogP contribution in [0.5, 0.6) is 0 Å². The van der Waals surface area contributed by atoms with Crippen molar-refractivity contribution < 1.29 is 4.79 Å². The number of piperidine rings is 1. The molecule has 2 aliphatic rings. The van der Waals surface area contributed by atoms with Gasteiger partial charge >= 0.3 is 6.03 Å². The van der Waals surface area contributed by atoms with Crippen LogP contribution >= 0.6 is 0 Å². The van der Waals surface area contributed by atoms with E-state index in [0.29, 0.717) is 0 Å². The maximum atomic E-state index is 12.0. The number of nitrogens with one attached hydrogen (secondary N) is 1. The molecule has 0 aromatic carbocycles. The highest BCUT2D eigenvalue weighted by molar-refractivity contribution is 5.75. The van der Waals surface area contributed by atoms with Gasteiger partial charge in [0.25, 0.3) is 0 Å². The lowest BCUT2D eigenvalue weighted by Gasteiger charge is -2.34. The van der Waals surface area contributed by atoms with Crippen molar-refractivity contribution >= 4 is 6.03 Å². The molecule has 1 saturated heterocycles. The first kappa shape index (κ1) is 12.5. The number of carbonyl (C=O) groups excluding carboxylic acids is 1. The Morgan fingerprint density at radius 2 is 1.59 bits per heavy atom. The minimum atomic E-state index is -0.135. The summed E-state index contributed by atoms with van der Waals surface area (Å²) in [5.74, 6) is 0. The monoisotopic (exact) mass is 236 g/mol. The fourth-order valence-electron chi connectivity index (χ4n) is 2.44. The van der Waals surface area contributed by atoms with E-state index in [-0.39, 0.29) is 11.6 Å². The highest BCUT2D eigenvalue weighted by Gasteiger charge is 2.24. The number of likely N-dealkylation sites (tertiary alicyclic amines) is 1. The van der Waals surface area contributed by atoms with Crippen LogP contribution in [-0.2, 0) is 0 Å². The average Bonchev–Trinajstić information content (AvgIpc) is 2.13. The third-order valence-corrected chi connectivity index (χ3v) is 3.59. The van der Waals surface area contributed by atoms with Gasteiger partial charge in [-0.25, -0.2) is 4.79 Å². The fraction of sp³-hybridized carbons (Fsp3) is 0.786. The number of rotatable bonds is 0. The van der Waals surface area contributed by atoms with Crippen molar-refractivity contribution in [2.75, 3.05) is 13.1 Å². The van der Waals surface area contributed by atoms with Crippen LogP contribution in [0.25, 0.3) is 0 Å². The molecule has 1 aliphatic heterocycles. The molecule has 2 amide bonds. The lowest BCUT2D eigenvalue weighted by atomic mass is 9.84. The fourth-order valence-corrected chi connectivity index (χ4v) is 2.44. The Hall–Kier alpha value is -0.990. The molecule has 0 aromatic heterocycles. The number of allylic oxidation sites excluding steroid dienone is 1.